The Morgan fingerprint density at radius 1 is 0.750 bits per heavy atom. The second kappa shape index (κ2) is 8.80. The van der Waals surface area contributed by atoms with E-state index in [1.165, 1.54) is 36.8 Å². The first-order chi connectivity index (χ1) is 15.5. The number of anilines is 2. The summed E-state index contributed by atoms with van der Waals surface area (Å²) >= 11 is 0. The number of hydrogen-bond donors (Lipinski definition) is 0. The van der Waals surface area contributed by atoms with E-state index in [4.69, 9.17) is 9.47 Å². The Bertz CT molecular complexity index is 883. The van der Waals surface area contributed by atoms with Crippen LogP contribution in [0.25, 0.3) is 0 Å². The standard InChI is InChI=1S/2C13H18N2O/c2*1-9(2)11-5-6-14-13-12(11)16-8-10-4-3-7-15(10)13/h2*5-6,9-10H,3-4,7-8H2,1-2H3. The van der Waals surface area contributed by atoms with Crippen LogP contribution in [0.3, 0.4) is 0 Å². The van der Waals surface area contributed by atoms with Crippen LogP contribution in [0.5, 0.6) is 11.5 Å². The van der Waals surface area contributed by atoms with Crippen molar-refractivity contribution in [3.8, 4) is 11.5 Å². The molecular formula is C26H36N4O2. The molecule has 4 aliphatic heterocycles. The van der Waals surface area contributed by atoms with Gasteiger partial charge in [-0.15, -0.1) is 0 Å². The van der Waals surface area contributed by atoms with Gasteiger partial charge in [-0.05, 0) is 49.7 Å². The predicted octanol–water partition coefficient (Wildman–Crippen LogP) is 5.13. The molecule has 2 aromatic rings. The van der Waals surface area contributed by atoms with Crippen molar-refractivity contribution in [2.75, 3.05) is 36.1 Å². The Morgan fingerprint density at radius 3 is 1.59 bits per heavy atom. The minimum atomic E-state index is 0.496. The normalized spacial score (nSPS) is 22.9. The molecule has 2 aromatic heterocycles. The molecule has 0 saturated carbocycles. The molecule has 0 spiro atoms. The van der Waals surface area contributed by atoms with E-state index >= 15 is 0 Å². The number of pyridine rings is 2. The summed E-state index contributed by atoms with van der Waals surface area (Å²) in [7, 11) is 0. The highest BCUT2D eigenvalue weighted by Crippen LogP contribution is 2.42. The maximum atomic E-state index is 5.93. The van der Waals surface area contributed by atoms with Crippen LogP contribution < -0.4 is 19.3 Å². The zero-order valence-electron chi connectivity index (χ0n) is 19.9. The van der Waals surface area contributed by atoms with E-state index in [1.54, 1.807) is 0 Å². The van der Waals surface area contributed by atoms with Gasteiger partial charge in [0.2, 0.25) is 0 Å². The Hall–Kier alpha value is -2.50. The molecule has 4 aliphatic rings. The van der Waals surface area contributed by atoms with Crippen molar-refractivity contribution >= 4 is 11.6 Å². The highest BCUT2D eigenvalue weighted by Gasteiger charge is 2.35. The summed E-state index contributed by atoms with van der Waals surface area (Å²) in [5, 5.41) is 0. The second-order valence-electron chi connectivity index (χ2n) is 10.0. The van der Waals surface area contributed by atoms with E-state index in [0.29, 0.717) is 23.9 Å². The van der Waals surface area contributed by atoms with Crippen LogP contribution in [0.1, 0.15) is 76.3 Å². The van der Waals surface area contributed by atoms with Crippen LogP contribution in [0.2, 0.25) is 0 Å². The Balaban J connectivity index is 0.000000135. The minimum Gasteiger partial charge on any atom is -0.487 e. The van der Waals surface area contributed by atoms with Crippen LogP contribution in [0.4, 0.5) is 11.6 Å². The first-order valence-corrected chi connectivity index (χ1v) is 12.3. The smallest absolute Gasteiger partial charge is 0.172 e. The number of nitrogens with zero attached hydrogens (tertiary/aromatic N) is 4. The molecule has 0 N–H and O–H groups in total. The van der Waals surface area contributed by atoms with Crippen molar-refractivity contribution in [1.29, 1.82) is 0 Å². The molecule has 0 aromatic carbocycles. The lowest BCUT2D eigenvalue weighted by atomic mass is 10.0. The SMILES string of the molecule is CC(C)c1ccnc2c1OCC1CCCN21.CC(C)c1ccnc2c1OCC1CCCN21. The van der Waals surface area contributed by atoms with Crippen molar-refractivity contribution in [2.45, 2.75) is 77.3 Å². The number of ether oxygens (including phenoxy) is 2. The van der Waals surface area contributed by atoms with E-state index in [1.807, 2.05) is 12.4 Å². The monoisotopic (exact) mass is 436 g/mol. The van der Waals surface area contributed by atoms with Crippen molar-refractivity contribution in [1.82, 2.24) is 9.97 Å². The molecule has 172 valence electrons. The minimum absolute atomic E-state index is 0.496. The lowest BCUT2D eigenvalue weighted by Crippen LogP contribution is -2.39. The summed E-state index contributed by atoms with van der Waals surface area (Å²) in [5.41, 5.74) is 2.57. The third kappa shape index (κ3) is 3.78. The lowest BCUT2D eigenvalue weighted by molar-refractivity contribution is 0.266. The third-order valence-electron chi connectivity index (χ3n) is 7.21. The van der Waals surface area contributed by atoms with Crippen LogP contribution in [0, 0.1) is 0 Å². The van der Waals surface area contributed by atoms with Gasteiger partial charge in [0, 0.05) is 36.6 Å². The molecule has 0 bridgehead atoms. The largest absolute Gasteiger partial charge is 0.487 e. The van der Waals surface area contributed by atoms with Gasteiger partial charge in [0.25, 0.3) is 0 Å². The van der Waals surface area contributed by atoms with Gasteiger partial charge < -0.3 is 19.3 Å². The fourth-order valence-electron chi connectivity index (χ4n) is 5.45. The summed E-state index contributed by atoms with van der Waals surface area (Å²) < 4.78 is 11.9. The van der Waals surface area contributed by atoms with Crippen LogP contribution in [0.15, 0.2) is 24.5 Å². The molecule has 0 aliphatic carbocycles. The summed E-state index contributed by atoms with van der Waals surface area (Å²) in [6.45, 7) is 12.7. The molecule has 2 fully saturated rings. The van der Waals surface area contributed by atoms with Gasteiger partial charge in [0.1, 0.15) is 13.2 Å². The van der Waals surface area contributed by atoms with E-state index in [9.17, 15) is 0 Å². The van der Waals surface area contributed by atoms with E-state index < -0.39 is 0 Å². The van der Waals surface area contributed by atoms with E-state index in [2.05, 4.69) is 59.6 Å². The molecule has 6 heteroatoms. The summed E-state index contributed by atoms with van der Waals surface area (Å²) in [5.74, 6) is 5.18. The number of hydrogen-bond acceptors (Lipinski definition) is 6. The molecule has 6 nitrogen and oxygen atoms in total. The summed E-state index contributed by atoms with van der Waals surface area (Å²) in [4.78, 5) is 13.9. The van der Waals surface area contributed by atoms with Gasteiger partial charge in [-0.3, -0.25) is 0 Å². The van der Waals surface area contributed by atoms with Gasteiger partial charge in [-0.25, -0.2) is 9.97 Å². The highest BCUT2D eigenvalue weighted by molar-refractivity contribution is 5.61. The van der Waals surface area contributed by atoms with Gasteiger partial charge in [0.05, 0.1) is 12.1 Å². The predicted molar refractivity (Wildman–Crippen MR) is 128 cm³/mol. The van der Waals surface area contributed by atoms with Crippen LogP contribution in [-0.2, 0) is 0 Å². The van der Waals surface area contributed by atoms with E-state index in [0.717, 1.165) is 49.4 Å². The molecule has 2 saturated heterocycles. The van der Waals surface area contributed by atoms with Crippen LogP contribution >= 0.6 is 0 Å². The maximum Gasteiger partial charge on any atom is 0.172 e. The molecule has 32 heavy (non-hydrogen) atoms. The van der Waals surface area contributed by atoms with Crippen molar-refractivity contribution in [2.24, 2.45) is 0 Å². The van der Waals surface area contributed by atoms with Gasteiger partial charge in [-0.2, -0.15) is 0 Å². The number of aromatic nitrogens is 2. The fraction of sp³-hybridized carbons (Fsp3) is 0.615. The molecule has 2 atom stereocenters. The maximum absolute atomic E-state index is 5.93. The average molecular weight is 437 g/mol. The Morgan fingerprint density at radius 2 is 1.19 bits per heavy atom. The quantitative estimate of drug-likeness (QED) is 0.650. The average Bonchev–Trinajstić information content (AvgIpc) is 3.48. The summed E-state index contributed by atoms with van der Waals surface area (Å²) in [6.07, 6.45) is 8.85. The van der Waals surface area contributed by atoms with Crippen LogP contribution in [-0.4, -0.2) is 48.4 Å². The zero-order chi connectivity index (χ0) is 22.2. The van der Waals surface area contributed by atoms with Gasteiger partial charge in [-0.1, -0.05) is 27.7 Å². The zero-order valence-corrected chi connectivity index (χ0v) is 19.9. The number of fused-ring (bicyclic) bond motifs is 6. The summed E-state index contributed by atoms with van der Waals surface area (Å²) in [6, 6.07) is 5.28. The van der Waals surface area contributed by atoms with Crippen molar-refractivity contribution < 1.29 is 9.47 Å². The molecule has 0 amide bonds. The lowest BCUT2D eigenvalue weighted by Gasteiger charge is -2.33. The molecule has 6 heterocycles. The first-order valence-electron chi connectivity index (χ1n) is 12.3. The highest BCUT2D eigenvalue weighted by atomic mass is 16.5. The fourth-order valence-corrected chi connectivity index (χ4v) is 5.45. The molecule has 2 unspecified atom stereocenters. The van der Waals surface area contributed by atoms with Crippen molar-refractivity contribution in [3.05, 3.63) is 35.7 Å². The third-order valence-corrected chi connectivity index (χ3v) is 7.21. The van der Waals surface area contributed by atoms with Gasteiger partial charge >= 0.3 is 0 Å². The van der Waals surface area contributed by atoms with E-state index in [-0.39, 0.29) is 0 Å². The van der Waals surface area contributed by atoms with Crippen molar-refractivity contribution in [3.63, 3.8) is 0 Å². The first kappa shape index (κ1) is 21.4. The number of rotatable bonds is 2. The molecular weight excluding hydrogens is 400 g/mol. The topological polar surface area (TPSA) is 50.7 Å². The second-order valence-corrected chi connectivity index (χ2v) is 10.0. The van der Waals surface area contributed by atoms with Gasteiger partial charge in [0.15, 0.2) is 23.1 Å². The Kier molecular flexibility index (Phi) is 5.87. The Labute approximate surface area is 191 Å². The molecule has 6 rings (SSSR count). The molecule has 0 radical (unpaired) electrons.